The van der Waals surface area contributed by atoms with Crippen LogP contribution in [-0.2, 0) is 0 Å². The lowest BCUT2D eigenvalue weighted by Gasteiger charge is -2.06. The number of nitrogens with zero attached hydrogens (tertiary/aromatic N) is 4. The molecule has 2 aromatic carbocycles. The first-order chi connectivity index (χ1) is 14.1. The molecule has 4 aromatic rings. The molecule has 2 aromatic heterocycles. The van der Waals surface area contributed by atoms with Crippen molar-refractivity contribution >= 4 is 46.7 Å². The van der Waals surface area contributed by atoms with E-state index in [2.05, 4.69) is 15.5 Å². The Balaban J connectivity index is 1.69. The molecule has 0 unspecified atom stereocenters. The lowest BCUT2D eigenvalue weighted by atomic mass is 10.1. The summed E-state index contributed by atoms with van der Waals surface area (Å²) in [6.07, 6.45) is 7.03. The second kappa shape index (κ2) is 8.66. The van der Waals surface area contributed by atoms with Crippen LogP contribution in [0.4, 0.5) is 5.69 Å². The van der Waals surface area contributed by atoms with Gasteiger partial charge < -0.3 is 0 Å². The minimum atomic E-state index is 0.383. The maximum Gasteiger partial charge on any atom is 0.102 e. The first kappa shape index (κ1) is 19.5. The Morgan fingerprint density at radius 1 is 0.931 bits per heavy atom. The predicted molar refractivity (Wildman–Crippen MR) is 119 cm³/mol. The van der Waals surface area contributed by atoms with Crippen LogP contribution in [0.3, 0.4) is 0 Å². The molecule has 144 valence electrons. The SMILES string of the molecule is Clc1cc(Cl)c(N/N=C/c2cn(-c3ccccc3)nc2-c2ccncc2)c(Cl)c1. The topological polar surface area (TPSA) is 55.1 Å². The van der Waals surface area contributed by atoms with E-state index in [0.717, 1.165) is 22.5 Å². The minimum absolute atomic E-state index is 0.383. The zero-order valence-corrected chi connectivity index (χ0v) is 17.2. The molecule has 1 N–H and O–H groups in total. The maximum absolute atomic E-state index is 6.20. The van der Waals surface area contributed by atoms with E-state index in [4.69, 9.17) is 39.9 Å². The zero-order valence-electron chi connectivity index (χ0n) is 14.9. The van der Waals surface area contributed by atoms with Crippen molar-refractivity contribution in [3.05, 3.63) is 93.8 Å². The molecule has 0 bridgehead atoms. The first-order valence-corrected chi connectivity index (χ1v) is 9.74. The number of anilines is 1. The molecule has 0 aliphatic carbocycles. The van der Waals surface area contributed by atoms with Gasteiger partial charge in [0.05, 0.1) is 27.6 Å². The van der Waals surface area contributed by atoms with Crippen molar-refractivity contribution in [3.8, 4) is 16.9 Å². The smallest absolute Gasteiger partial charge is 0.102 e. The van der Waals surface area contributed by atoms with E-state index in [1.54, 1.807) is 35.4 Å². The highest BCUT2D eigenvalue weighted by Crippen LogP contribution is 2.33. The Labute approximate surface area is 182 Å². The number of hydrogen-bond acceptors (Lipinski definition) is 4. The van der Waals surface area contributed by atoms with Crippen molar-refractivity contribution < 1.29 is 0 Å². The van der Waals surface area contributed by atoms with Gasteiger partial charge in [0.1, 0.15) is 5.69 Å². The Morgan fingerprint density at radius 2 is 1.62 bits per heavy atom. The molecular weight excluding hydrogens is 429 g/mol. The van der Waals surface area contributed by atoms with Crippen molar-refractivity contribution in [1.82, 2.24) is 14.8 Å². The summed E-state index contributed by atoms with van der Waals surface area (Å²) in [6, 6.07) is 16.8. The van der Waals surface area contributed by atoms with E-state index in [1.807, 2.05) is 48.7 Å². The molecular formula is C21H14Cl3N5. The van der Waals surface area contributed by atoms with E-state index in [9.17, 15) is 0 Å². The van der Waals surface area contributed by atoms with Crippen molar-refractivity contribution in [2.24, 2.45) is 5.10 Å². The van der Waals surface area contributed by atoms with Crippen LogP contribution in [0.25, 0.3) is 16.9 Å². The lowest BCUT2D eigenvalue weighted by Crippen LogP contribution is -1.93. The number of aromatic nitrogens is 3. The van der Waals surface area contributed by atoms with E-state index < -0.39 is 0 Å². The molecule has 0 fully saturated rings. The first-order valence-electron chi connectivity index (χ1n) is 8.61. The Hall–Kier alpha value is -2.86. The molecule has 8 heteroatoms. The number of hydrogen-bond donors (Lipinski definition) is 1. The van der Waals surface area contributed by atoms with Crippen LogP contribution in [0.15, 0.2) is 78.3 Å². The zero-order chi connectivity index (χ0) is 20.2. The fourth-order valence-corrected chi connectivity index (χ4v) is 3.65. The minimum Gasteiger partial charge on any atom is -0.275 e. The van der Waals surface area contributed by atoms with Gasteiger partial charge in [0.2, 0.25) is 0 Å². The highest BCUT2D eigenvalue weighted by molar-refractivity contribution is 6.41. The number of benzene rings is 2. The molecule has 2 heterocycles. The summed E-state index contributed by atoms with van der Waals surface area (Å²) >= 11 is 18.3. The standard InChI is InChI=1S/C21H14Cl3N5/c22-16-10-18(23)21(19(24)11-16)27-26-12-15-13-29(17-4-2-1-3-5-17)28-20(15)14-6-8-25-9-7-14/h1-13,27H/b26-12+. The predicted octanol–water partition coefficient (Wildman–Crippen LogP) is 6.34. The third-order valence-corrected chi connectivity index (χ3v) is 4.92. The molecule has 0 amide bonds. The largest absolute Gasteiger partial charge is 0.275 e. The highest BCUT2D eigenvalue weighted by Gasteiger charge is 2.11. The van der Waals surface area contributed by atoms with Crippen LogP contribution in [0.5, 0.6) is 0 Å². The van der Waals surface area contributed by atoms with Gasteiger partial charge in [-0.15, -0.1) is 0 Å². The fourth-order valence-electron chi connectivity index (χ4n) is 2.74. The van der Waals surface area contributed by atoms with Gasteiger partial charge in [0.15, 0.2) is 0 Å². The van der Waals surface area contributed by atoms with Crippen LogP contribution in [-0.4, -0.2) is 21.0 Å². The van der Waals surface area contributed by atoms with Gasteiger partial charge in [-0.25, -0.2) is 4.68 Å². The number of halogens is 3. The Bertz CT molecular complexity index is 1130. The summed E-state index contributed by atoms with van der Waals surface area (Å²) in [6.45, 7) is 0. The molecule has 0 atom stereocenters. The number of pyridine rings is 1. The fraction of sp³-hybridized carbons (Fsp3) is 0. The van der Waals surface area contributed by atoms with E-state index >= 15 is 0 Å². The average Bonchev–Trinajstić information content (AvgIpc) is 3.15. The third kappa shape index (κ3) is 4.43. The average molecular weight is 443 g/mol. The second-order valence-corrected chi connectivity index (χ2v) is 7.31. The van der Waals surface area contributed by atoms with Crippen LogP contribution < -0.4 is 5.43 Å². The van der Waals surface area contributed by atoms with E-state index in [0.29, 0.717) is 20.8 Å². The Morgan fingerprint density at radius 3 is 2.31 bits per heavy atom. The van der Waals surface area contributed by atoms with Crippen LogP contribution in [0, 0.1) is 0 Å². The van der Waals surface area contributed by atoms with Gasteiger partial charge >= 0.3 is 0 Å². The Kier molecular flexibility index (Phi) is 5.81. The van der Waals surface area contributed by atoms with Gasteiger partial charge in [-0.2, -0.15) is 10.2 Å². The number of para-hydroxylation sites is 1. The van der Waals surface area contributed by atoms with Gasteiger partial charge in [-0.3, -0.25) is 10.4 Å². The number of hydrazone groups is 1. The third-order valence-electron chi connectivity index (χ3n) is 4.10. The molecule has 0 aliphatic rings. The highest BCUT2D eigenvalue weighted by atomic mass is 35.5. The van der Waals surface area contributed by atoms with Gasteiger partial charge in [0.25, 0.3) is 0 Å². The van der Waals surface area contributed by atoms with E-state index in [-0.39, 0.29) is 0 Å². The van der Waals surface area contributed by atoms with Gasteiger partial charge in [-0.1, -0.05) is 53.0 Å². The van der Waals surface area contributed by atoms with Crippen molar-refractivity contribution in [3.63, 3.8) is 0 Å². The van der Waals surface area contributed by atoms with Crippen LogP contribution in [0.1, 0.15) is 5.56 Å². The van der Waals surface area contributed by atoms with Crippen molar-refractivity contribution in [2.75, 3.05) is 5.43 Å². The maximum atomic E-state index is 6.20. The molecule has 0 aliphatic heterocycles. The molecule has 0 radical (unpaired) electrons. The molecule has 0 saturated heterocycles. The number of rotatable bonds is 5. The number of nitrogens with one attached hydrogen (secondary N) is 1. The molecule has 4 rings (SSSR count). The summed E-state index contributed by atoms with van der Waals surface area (Å²) in [5.41, 5.74) is 6.82. The second-order valence-electron chi connectivity index (χ2n) is 6.06. The summed E-state index contributed by atoms with van der Waals surface area (Å²) in [5, 5.41) is 10.2. The van der Waals surface area contributed by atoms with Gasteiger partial charge in [0, 0.05) is 34.7 Å². The lowest BCUT2D eigenvalue weighted by molar-refractivity contribution is 0.884. The summed E-state index contributed by atoms with van der Waals surface area (Å²) in [4.78, 5) is 4.07. The summed E-state index contributed by atoms with van der Waals surface area (Å²) in [7, 11) is 0. The molecule has 5 nitrogen and oxygen atoms in total. The molecule has 0 saturated carbocycles. The monoisotopic (exact) mass is 441 g/mol. The van der Waals surface area contributed by atoms with Crippen LogP contribution in [0.2, 0.25) is 15.1 Å². The van der Waals surface area contributed by atoms with E-state index in [1.165, 1.54) is 0 Å². The van der Waals surface area contributed by atoms with Crippen molar-refractivity contribution in [2.45, 2.75) is 0 Å². The quantitative estimate of drug-likeness (QED) is 0.290. The normalized spacial score (nSPS) is 11.1. The summed E-state index contributed by atoms with van der Waals surface area (Å²) in [5.74, 6) is 0. The molecule has 0 spiro atoms. The summed E-state index contributed by atoms with van der Waals surface area (Å²) < 4.78 is 1.80. The molecule has 29 heavy (non-hydrogen) atoms. The van der Waals surface area contributed by atoms with Crippen molar-refractivity contribution in [1.29, 1.82) is 0 Å². The van der Waals surface area contributed by atoms with Crippen LogP contribution >= 0.6 is 34.8 Å². The van der Waals surface area contributed by atoms with Gasteiger partial charge in [-0.05, 0) is 36.4 Å².